The van der Waals surface area contributed by atoms with Crippen LogP contribution in [0.15, 0.2) is 60.7 Å². The highest BCUT2D eigenvalue weighted by atomic mass is 19.4. The van der Waals surface area contributed by atoms with Gasteiger partial charge < -0.3 is 9.84 Å². The third kappa shape index (κ3) is 4.49. The van der Waals surface area contributed by atoms with Crippen molar-refractivity contribution in [1.29, 1.82) is 0 Å². The van der Waals surface area contributed by atoms with Crippen molar-refractivity contribution in [3.8, 4) is 0 Å². The van der Waals surface area contributed by atoms with E-state index in [0.717, 1.165) is 30.5 Å². The second-order valence-corrected chi connectivity index (χ2v) is 9.13. The molecule has 0 heterocycles. The first kappa shape index (κ1) is 23.3. The maximum absolute atomic E-state index is 13.9. The summed E-state index contributed by atoms with van der Waals surface area (Å²) in [4.78, 5) is 12.9. The van der Waals surface area contributed by atoms with E-state index in [0.29, 0.717) is 6.42 Å². The van der Waals surface area contributed by atoms with Crippen LogP contribution in [0.25, 0.3) is 0 Å². The van der Waals surface area contributed by atoms with Crippen LogP contribution in [-0.2, 0) is 20.5 Å². The predicted octanol–water partition coefficient (Wildman–Crippen LogP) is 5.76. The summed E-state index contributed by atoms with van der Waals surface area (Å²) < 4.78 is 47.3. The summed E-state index contributed by atoms with van der Waals surface area (Å²) in [5, 5.41) is 10.6. The monoisotopic (exact) mass is 434 g/mol. The first-order valence-corrected chi connectivity index (χ1v) is 10.6. The lowest BCUT2D eigenvalue weighted by Crippen LogP contribution is -2.53. The molecule has 0 unspecified atom stereocenters. The maximum atomic E-state index is 13.9. The van der Waals surface area contributed by atoms with E-state index < -0.39 is 34.8 Å². The molecule has 1 aliphatic rings. The van der Waals surface area contributed by atoms with Gasteiger partial charge in [-0.25, -0.2) is 4.79 Å². The van der Waals surface area contributed by atoms with E-state index in [4.69, 9.17) is 4.74 Å². The van der Waals surface area contributed by atoms with Gasteiger partial charge in [-0.15, -0.1) is 0 Å². The van der Waals surface area contributed by atoms with E-state index in [-0.39, 0.29) is 11.8 Å². The first-order chi connectivity index (χ1) is 14.5. The topological polar surface area (TPSA) is 46.5 Å². The molecular weight excluding hydrogens is 405 g/mol. The molecule has 0 saturated heterocycles. The standard InChI is InChI=1S/C25H29F3O3/c1-17-14-15-20(23(2,3)18-10-6-4-7-11-18)21(16-17)31-22(29)24(30,25(26,27)28)19-12-8-5-9-13-19/h4-13,17,20-21,30H,14-16H2,1-3H3/t17-,20-,21-,24-/m1/s1. The highest BCUT2D eigenvalue weighted by Gasteiger charge is 2.63. The zero-order valence-corrected chi connectivity index (χ0v) is 18.0. The Balaban J connectivity index is 1.94. The molecule has 2 aromatic carbocycles. The summed E-state index contributed by atoms with van der Waals surface area (Å²) >= 11 is 0. The largest absolute Gasteiger partial charge is 0.459 e. The van der Waals surface area contributed by atoms with Crippen LogP contribution in [0.2, 0.25) is 0 Å². The average molecular weight is 434 g/mol. The molecule has 6 heteroatoms. The van der Waals surface area contributed by atoms with Gasteiger partial charge in [0.05, 0.1) is 0 Å². The maximum Gasteiger partial charge on any atom is 0.432 e. The normalized spacial score (nSPS) is 24.3. The quantitative estimate of drug-likeness (QED) is 0.609. The number of hydrogen-bond acceptors (Lipinski definition) is 3. The molecule has 0 aliphatic heterocycles. The molecule has 1 saturated carbocycles. The van der Waals surface area contributed by atoms with Crippen LogP contribution >= 0.6 is 0 Å². The number of ether oxygens (including phenoxy) is 1. The van der Waals surface area contributed by atoms with E-state index in [9.17, 15) is 23.1 Å². The van der Waals surface area contributed by atoms with Gasteiger partial charge in [0.25, 0.3) is 5.60 Å². The van der Waals surface area contributed by atoms with Crippen molar-refractivity contribution in [2.75, 3.05) is 0 Å². The smallest absolute Gasteiger partial charge is 0.432 e. The van der Waals surface area contributed by atoms with Gasteiger partial charge in [-0.05, 0) is 29.7 Å². The van der Waals surface area contributed by atoms with Crippen LogP contribution in [0.4, 0.5) is 13.2 Å². The molecule has 168 valence electrons. The fourth-order valence-corrected chi connectivity index (χ4v) is 4.67. The molecule has 2 aromatic rings. The highest BCUT2D eigenvalue weighted by Crippen LogP contribution is 2.46. The molecule has 31 heavy (non-hydrogen) atoms. The number of halogens is 3. The van der Waals surface area contributed by atoms with Crippen molar-refractivity contribution in [3.63, 3.8) is 0 Å². The second-order valence-electron chi connectivity index (χ2n) is 9.13. The molecule has 4 atom stereocenters. The lowest BCUT2D eigenvalue weighted by atomic mass is 9.64. The van der Waals surface area contributed by atoms with E-state index in [2.05, 4.69) is 0 Å². The lowest BCUT2D eigenvalue weighted by molar-refractivity contribution is -0.272. The van der Waals surface area contributed by atoms with Crippen molar-refractivity contribution in [2.45, 2.75) is 63.3 Å². The van der Waals surface area contributed by atoms with Gasteiger partial charge >= 0.3 is 12.1 Å². The summed E-state index contributed by atoms with van der Waals surface area (Å²) in [6.45, 7) is 6.05. The van der Waals surface area contributed by atoms with Crippen LogP contribution < -0.4 is 0 Å². The van der Waals surface area contributed by atoms with Gasteiger partial charge in [0.2, 0.25) is 0 Å². The van der Waals surface area contributed by atoms with E-state index in [1.807, 2.05) is 51.1 Å². The lowest BCUT2D eigenvalue weighted by Gasteiger charge is -2.44. The SMILES string of the molecule is C[C@@H]1CC[C@@H](C(C)(C)c2ccccc2)[C@H](OC(=O)[C@](O)(c2ccccc2)C(F)(F)F)C1. The number of alkyl halides is 3. The van der Waals surface area contributed by atoms with E-state index in [1.165, 1.54) is 18.2 Å². The molecule has 1 N–H and O–H groups in total. The van der Waals surface area contributed by atoms with E-state index in [1.54, 1.807) is 0 Å². The molecule has 0 spiro atoms. The van der Waals surface area contributed by atoms with Gasteiger partial charge in [-0.3, -0.25) is 0 Å². The predicted molar refractivity (Wildman–Crippen MR) is 112 cm³/mol. The van der Waals surface area contributed by atoms with Crippen molar-refractivity contribution in [2.24, 2.45) is 11.8 Å². The van der Waals surface area contributed by atoms with Gasteiger partial charge in [-0.1, -0.05) is 87.9 Å². The van der Waals surface area contributed by atoms with Crippen LogP contribution in [-0.4, -0.2) is 23.4 Å². The molecule has 0 amide bonds. The molecule has 0 aromatic heterocycles. The molecule has 1 aliphatic carbocycles. The minimum absolute atomic E-state index is 0.177. The molecular formula is C25H29F3O3. The average Bonchev–Trinajstić information content (AvgIpc) is 2.73. The van der Waals surface area contributed by atoms with E-state index >= 15 is 0 Å². The van der Waals surface area contributed by atoms with Crippen LogP contribution in [0.3, 0.4) is 0 Å². The Kier molecular flexibility index (Phi) is 6.51. The molecule has 3 nitrogen and oxygen atoms in total. The zero-order chi connectivity index (χ0) is 22.9. The number of carbonyl (C=O) groups excluding carboxylic acids is 1. The number of hydrogen-bond donors (Lipinski definition) is 1. The number of carbonyl (C=O) groups is 1. The van der Waals surface area contributed by atoms with Crippen LogP contribution in [0.1, 0.15) is 51.2 Å². The Bertz CT molecular complexity index is 880. The minimum Gasteiger partial charge on any atom is -0.459 e. The number of rotatable bonds is 5. The van der Waals surface area contributed by atoms with Gasteiger partial charge in [0, 0.05) is 11.5 Å². The third-order valence-corrected chi connectivity index (χ3v) is 6.65. The number of aliphatic hydroxyl groups is 1. The van der Waals surface area contributed by atoms with Crippen molar-refractivity contribution < 1.29 is 27.8 Å². The number of esters is 1. The van der Waals surface area contributed by atoms with Gasteiger partial charge in [0.15, 0.2) is 0 Å². The Labute approximate surface area is 181 Å². The Hall–Kier alpha value is -2.34. The van der Waals surface area contributed by atoms with Gasteiger partial charge in [-0.2, -0.15) is 13.2 Å². The second kappa shape index (κ2) is 8.65. The molecule has 0 bridgehead atoms. The van der Waals surface area contributed by atoms with Crippen LogP contribution in [0, 0.1) is 11.8 Å². The first-order valence-electron chi connectivity index (χ1n) is 10.6. The minimum atomic E-state index is -5.21. The Morgan fingerprint density at radius 3 is 1.97 bits per heavy atom. The Morgan fingerprint density at radius 2 is 1.45 bits per heavy atom. The fourth-order valence-electron chi connectivity index (χ4n) is 4.67. The zero-order valence-electron chi connectivity index (χ0n) is 18.0. The summed E-state index contributed by atoms with van der Waals surface area (Å²) in [5.41, 5.74) is -3.65. The fraction of sp³-hybridized carbons (Fsp3) is 0.480. The highest BCUT2D eigenvalue weighted by molar-refractivity contribution is 5.82. The Morgan fingerprint density at radius 1 is 0.935 bits per heavy atom. The number of benzene rings is 2. The van der Waals surface area contributed by atoms with Gasteiger partial charge in [0.1, 0.15) is 6.10 Å². The summed E-state index contributed by atoms with van der Waals surface area (Å²) in [6.07, 6.45) is -3.87. The molecule has 3 rings (SSSR count). The van der Waals surface area contributed by atoms with Crippen LogP contribution in [0.5, 0.6) is 0 Å². The summed E-state index contributed by atoms with van der Waals surface area (Å²) in [7, 11) is 0. The summed E-state index contributed by atoms with van der Waals surface area (Å²) in [6, 6.07) is 16.1. The third-order valence-electron chi connectivity index (χ3n) is 6.65. The summed E-state index contributed by atoms with van der Waals surface area (Å²) in [5.74, 6) is -1.64. The van der Waals surface area contributed by atoms with Crippen molar-refractivity contribution >= 4 is 5.97 Å². The molecule has 1 fully saturated rings. The molecule has 0 radical (unpaired) electrons. The van der Waals surface area contributed by atoms with Crippen molar-refractivity contribution in [3.05, 3.63) is 71.8 Å². The van der Waals surface area contributed by atoms with Crippen molar-refractivity contribution in [1.82, 2.24) is 0 Å².